The van der Waals surface area contributed by atoms with Crippen LogP contribution in [-0.4, -0.2) is 39.8 Å². The molecule has 2 heterocycles. The topological polar surface area (TPSA) is 104 Å². The predicted octanol–water partition coefficient (Wildman–Crippen LogP) is 4.10. The van der Waals surface area contributed by atoms with E-state index in [1.165, 1.54) is 0 Å². The lowest BCUT2D eigenvalue weighted by molar-refractivity contribution is -0.139. The Balaban J connectivity index is 1.28. The summed E-state index contributed by atoms with van der Waals surface area (Å²) in [6.45, 7) is 0.128. The number of alkyl carbamates (subject to hydrolysis) is 1. The third-order valence-electron chi connectivity index (χ3n) is 5.93. The summed E-state index contributed by atoms with van der Waals surface area (Å²) in [6.07, 6.45) is 4.43. The van der Waals surface area contributed by atoms with Crippen LogP contribution in [0.25, 0.3) is 22.0 Å². The number of carboxylic acids is 1. The maximum Gasteiger partial charge on any atom is 0.407 e. The first-order valence-electron chi connectivity index (χ1n) is 10.4. The molecule has 0 spiro atoms. The van der Waals surface area contributed by atoms with Crippen molar-refractivity contribution in [1.82, 2.24) is 15.3 Å². The number of benzene rings is 2. The van der Waals surface area contributed by atoms with Gasteiger partial charge in [0, 0.05) is 41.8 Å². The zero-order chi connectivity index (χ0) is 22.1. The van der Waals surface area contributed by atoms with Crippen LogP contribution in [0.4, 0.5) is 4.79 Å². The standard InChI is InChI=1S/C25H21N3O4/c29-24(30)23(11-15-12-27-22-9-10-26-13-20(15)22)28-25(31)32-14-21-18-7-3-1-5-16(18)17-6-2-4-8-19(17)21/h1-10,12-13,21,23,27H,11,14H2,(H,28,31)(H,29,30). The fraction of sp³-hybridized carbons (Fsp3) is 0.160. The Morgan fingerprint density at radius 3 is 2.44 bits per heavy atom. The van der Waals surface area contributed by atoms with Crippen molar-refractivity contribution in [2.75, 3.05) is 6.61 Å². The van der Waals surface area contributed by atoms with Crippen LogP contribution >= 0.6 is 0 Å². The van der Waals surface area contributed by atoms with E-state index in [2.05, 4.69) is 27.4 Å². The van der Waals surface area contributed by atoms with Gasteiger partial charge in [0.15, 0.2) is 0 Å². The number of aromatic nitrogens is 2. The van der Waals surface area contributed by atoms with Crippen LogP contribution in [0, 0.1) is 0 Å². The van der Waals surface area contributed by atoms with Gasteiger partial charge < -0.3 is 20.1 Å². The van der Waals surface area contributed by atoms with E-state index in [0.717, 1.165) is 38.7 Å². The number of carbonyl (C=O) groups excluding carboxylic acids is 1. The van der Waals surface area contributed by atoms with Crippen molar-refractivity contribution in [1.29, 1.82) is 0 Å². The molecule has 0 aliphatic heterocycles. The van der Waals surface area contributed by atoms with Gasteiger partial charge in [-0.25, -0.2) is 9.59 Å². The molecule has 0 fully saturated rings. The Bertz CT molecular complexity index is 1270. The van der Waals surface area contributed by atoms with Crippen LogP contribution in [-0.2, 0) is 16.0 Å². The molecule has 0 saturated carbocycles. The van der Waals surface area contributed by atoms with Gasteiger partial charge in [-0.2, -0.15) is 0 Å². The summed E-state index contributed by atoms with van der Waals surface area (Å²) < 4.78 is 5.49. The maximum atomic E-state index is 12.5. The van der Waals surface area contributed by atoms with Gasteiger partial charge in [0.05, 0.1) is 0 Å². The number of nitrogens with one attached hydrogen (secondary N) is 2. The summed E-state index contributed by atoms with van der Waals surface area (Å²) in [4.78, 5) is 31.5. The Morgan fingerprint density at radius 2 is 1.75 bits per heavy atom. The van der Waals surface area contributed by atoms with E-state index in [1.54, 1.807) is 18.6 Å². The predicted molar refractivity (Wildman–Crippen MR) is 119 cm³/mol. The van der Waals surface area contributed by atoms with Gasteiger partial charge in [0.25, 0.3) is 0 Å². The second-order valence-corrected chi connectivity index (χ2v) is 7.80. The molecule has 3 N–H and O–H groups in total. The Morgan fingerprint density at radius 1 is 1.06 bits per heavy atom. The molecule has 0 bridgehead atoms. The average Bonchev–Trinajstić information content (AvgIpc) is 3.36. The van der Waals surface area contributed by atoms with E-state index in [0.29, 0.717) is 0 Å². The van der Waals surface area contributed by atoms with Gasteiger partial charge in [0.1, 0.15) is 12.6 Å². The van der Waals surface area contributed by atoms with Crippen molar-refractivity contribution in [2.24, 2.45) is 0 Å². The Labute approximate surface area is 184 Å². The number of pyridine rings is 1. The lowest BCUT2D eigenvalue weighted by atomic mass is 9.98. The Kier molecular flexibility index (Phi) is 5.07. The van der Waals surface area contributed by atoms with E-state index in [9.17, 15) is 14.7 Å². The molecule has 5 rings (SSSR count). The van der Waals surface area contributed by atoms with E-state index in [-0.39, 0.29) is 18.9 Å². The van der Waals surface area contributed by atoms with E-state index < -0.39 is 18.1 Å². The number of carboxylic acid groups (broad SMARTS) is 1. The van der Waals surface area contributed by atoms with Crippen LogP contribution in [0.15, 0.2) is 73.2 Å². The number of fused-ring (bicyclic) bond motifs is 4. The van der Waals surface area contributed by atoms with Crippen molar-refractivity contribution in [3.63, 3.8) is 0 Å². The van der Waals surface area contributed by atoms with Gasteiger partial charge in [-0.05, 0) is 33.9 Å². The van der Waals surface area contributed by atoms with Crippen molar-refractivity contribution in [2.45, 2.75) is 18.4 Å². The minimum Gasteiger partial charge on any atom is -0.480 e. The van der Waals surface area contributed by atoms with E-state index in [1.807, 2.05) is 42.5 Å². The fourth-order valence-electron chi connectivity index (χ4n) is 4.39. The summed E-state index contributed by atoms with van der Waals surface area (Å²) in [5, 5.41) is 13.0. The average molecular weight is 427 g/mol. The highest BCUT2D eigenvalue weighted by Gasteiger charge is 2.30. The van der Waals surface area contributed by atoms with E-state index in [4.69, 9.17) is 4.74 Å². The van der Waals surface area contributed by atoms with Gasteiger partial charge in [-0.3, -0.25) is 4.98 Å². The highest BCUT2D eigenvalue weighted by atomic mass is 16.5. The van der Waals surface area contributed by atoms with Gasteiger partial charge >= 0.3 is 12.1 Å². The molecule has 2 aromatic heterocycles. The van der Waals surface area contributed by atoms with E-state index >= 15 is 0 Å². The molecule has 1 atom stereocenters. The van der Waals surface area contributed by atoms with Crippen molar-refractivity contribution in [3.05, 3.63) is 89.9 Å². The second-order valence-electron chi connectivity index (χ2n) is 7.80. The number of nitrogens with zero attached hydrogens (tertiary/aromatic N) is 1. The number of aliphatic carboxylic acids is 1. The monoisotopic (exact) mass is 427 g/mol. The molecule has 32 heavy (non-hydrogen) atoms. The lowest BCUT2D eigenvalue weighted by Gasteiger charge is -2.17. The molecule has 1 aliphatic carbocycles. The van der Waals surface area contributed by atoms with Crippen LogP contribution in [0.3, 0.4) is 0 Å². The summed E-state index contributed by atoms with van der Waals surface area (Å²) in [7, 11) is 0. The highest BCUT2D eigenvalue weighted by Crippen LogP contribution is 2.44. The van der Waals surface area contributed by atoms with Crippen LogP contribution in [0.5, 0.6) is 0 Å². The quantitative estimate of drug-likeness (QED) is 0.430. The van der Waals surface area contributed by atoms with Gasteiger partial charge in [0.2, 0.25) is 0 Å². The van der Waals surface area contributed by atoms with Gasteiger partial charge in [-0.1, -0.05) is 48.5 Å². The van der Waals surface area contributed by atoms with Gasteiger partial charge in [-0.15, -0.1) is 0 Å². The number of rotatable bonds is 6. The van der Waals surface area contributed by atoms with Crippen LogP contribution in [0.2, 0.25) is 0 Å². The molecule has 160 valence electrons. The first-order valence-corrected chi connectivity index (χ1v) is 10.4. The minimum absolute atomic E-state index is 0.0869. The molecule has 7 nitrogen and oxygen atoms in total. The van der Waals surface area contributed by atoms with Crippen molar-refractivity contribution >= 4 is 23.0 Å². The summed E-state index contributed by atoms with van der Waals surface area (Å²) >= 11 is 0. The molecule has 0 radical (unpaired) electrons. The van der Waals surface area contributed by atoms with Crippen LogP contribution < -0.4 is 5.32 Å². The van der Waals surface area contributed by atoms with Crippen molar-refractivity contribution < 1.29 is 19.4 Å². The third-order valence-corrected chi connectivity index (χ3v) is 5.93. The molecule has 1 unspecified atom stereocenters. The first kappa shape index (κ1) is 19.8. The Hall–Kier alpha value is -4.13. The molecule has 1 aliphatic rings. The normalized spacial score (nSPS) is 13.4. The number of carbonyl (C=O) groups is 2. The highest BCUT2D eigenvalue weighted by molar-refractivity contribution is 5.85. The number of ether oxygens (including phenoxy) is 1. The number of amides is 1. The molecule has 4 aromatic rings. The first-order chi connectivity index (χ1) is 15.6. The summed E-state index contributed by atoms with van der Waals surface area (Å²) in [6, 6.07) is 16.8. The minimum atomic E-state index is -1.13. The zero-order valence-corrected chi connectivity index (χ0v) is 17.1. The smallest absolute Gasteiger partial charge is 0.407 e. The lowest BCUT2D eigenvalue weighted by Crippen LogP contribution is -2.42. The molecular weight excluding hydrogens is 406 g/mol. The maximum absolute atomic E-state index is 12.5. The summed E-state index contributed by atoms with van der Waals surface area (Å²) in [5.74, 6) is -1.21. The molecule has 2 aromatic carbocycles. The van der Waals surface area contributed by atoms with Crippen molar-refractivity contribution in [3.8, 4) is 11.1 Å². The largest absolute Gasteiger partial charge is 0.480 e. The number of aromatic amines is 1. The number of H-pyrrole nitrogens is 1. The third kappa shape index (κ3) is 3.58. The zero-order valence-electron chi connectivity index (χ0n) is 17.1. The molecular formula is C25H21N3O4. The second kappa shape index (κ2) is 8.19. The number of hydrogen-bond donors (Lipinski definition) is 3. The van der Waals surface area contributed by atoms with Crippen LogP contribution in [0.1, 0.15) is 22.6 Å². The molecule has 1 amide bonds. The SMILES string of the molecule is O=C(NC(Cc1c[nH]c2ccncc12)C(=O)O)OCC1c2ccccc2-c2ccccc21. The molecule has 0 saturated heterocycles. The number of hydrogen-bond acceptors (Lipinski definition) is 4. The fourth-order valence-corrected chi connectivity index (χ4v) is 4.39. The molecule has 7 heteroatoms. The summed E-state index contributed by atoms with van der Waals surface area (Å²) in [5.41, 5.74) is 6.09.